The standard InChI is InChI=1S/C10H21NO2S/c1-3-4-5-7-11-9(10(12)13)6-8-14-2/h9,11H,3-8H2,1-2H3,(H,12,13). The van der Waals surface area contributed by atoms with Crippen molar-refractivity contribution in [3.8, 4) is 0 Å². The zero-order valence-corrected chi connectivity index (χ0v) is 9.86. The second kappa shape index (κ2) is 9.34. The van der Waals surface area contributed by atoms with Crippen molar-refractivity contribution in [1.29, 1.82) is 0 Å². The number of thioether (sulfide) groups is 1. The van der Waals surface area contributed by atoms with E-state index in [4.69, 9.17) is 0 Å². The van der Waals surface area contributed by atoms with E-state index >= 15 is 0 Å². The molecule has 0 aliphatic carbocycles. The number of rotatable bonds is 9. The van der Waals surface area contributed by atoms with Crippen LogP contribution in [0.2, 0.25) is 0 Å². The van der Waals surface area contributed by atoms with E-state index in [9.17, 15) is 9.90 Å². The van der Waals surface area contributed by atoms with E-state index in [-0.39, 0.29) is 1.43 Å². The van der Waals surface area contributed by atoms with Crippen LogP contribution in [0.5, 0.6) is 0 Å². The zero-order chi connectivity index (χ0) is 10.8. The summed E-state index contributed by atoms with van der Waals surface area (Å²) in [6, 6.07) is -0.473. The minimum Gasteiger partial charge on any atom is -0.548 e. The van der Waals surface area contributed by atoms with Crippen molar-refractivity contribution in [2.24, 2.45) is 0 Å². The summed E-state index contributed by atoms with van der Waals surface area (Å²) < 4.78 is 0. The number of aliphatic carboxylic acids is 1. The van der Waals surface area contributed by atoms with Gasteiger partial charge in [-0.25, -0.2) is 0 Å². The molecule has 0 rings (SSSR count). The van der Waals surface area contributed by atoms with Gasteiger partial charge in [0.05, 0.1) is 5.97 Å². The molecule has 1 unspecified atom stereocenters. The van der Waals surface area contributed by atoms with Gasteiger partial charge in [-0.1, -0.05) is 19.8 Å². The first-order chi connectivity index (χ1) is 6.72. The summed E-state index contributed by atoms with van der Waals surface area (Å²) in [5.41, 5.74) is 0. The van der Waals surface area contributed by atoms with Gasteiger partial charge in [0.25, 0.3) is 0 Å². The van der Waals surface area contributed by atoms with Crippen LogP contribution in [0.25, 0.3) is 0 Å². The predicted octanol–water partition coefficient (Wildman–Crippen LogP) is 0.750. The summed E-state index contributed by atoms with van der Waals surface area (Å²) >= 11 is 1.66. The third-order valence-corrected chi connectivity index (χ3v) is 2.71. The number of unbranched alkanes of at least 4 members (excludes halogenated alkanes) is 2. The highest BCUT2D eigenvalue weighted by molar-refractivity contribution is 7.98. The maximum absolute atomic E-state index is 10.7. The van der Waals surface area contributed by atoms with E-state index < -0.39 is 12.0 Å². The molecular weight excluding hydrogens is 198 g/mol. The van der Waals surface area contributed by atoms with Crippen molar-refractivity contribution in [3.63, 3.8) is 0 Å². The molecule has 1 N–H and O–H groups in total. The Morgan fingerprint density at radius 3 is 2.79 bits per heavy atom. The predicted molar refractivity (Wildman–Crippen MR) is 60.4 cm³/mol. The van der Waals surface area contributed by atoms with Crippen molar-refractivity contribution in [3.05, 3.63) is 0 Å². The van der Waals surface area contributed by atoms with Gasteiger partial charge in [0.2, 0.25) is 0 Å². The molecule has 14 heavy (non-hydrogen) atoms. The molecule has 0 saturated heterocycles. The third kappa shape index (κ3) is 7.21. The monoisotopic (exact) mass is 219 g/mol. The van der Waals surface area contributed by atoms with E-state index in [0.29, 0.717) is 6.42 Å². The zero-order valence-electron chi connectivity index (χ0n) is 10.0. The smallest absolute Gasteiger partial charge is 0.548 e. The van der Waals surface area contributed by atoms with E-state index in [0.717, 1.165) is 31.6 Å². The number of hydrogen-bond acceptors (Lipinski definition) is 4. The van der Waals surface area contributed by atoms with Gasteiger partial charge in [-0.15, -0.1) is 0 Å². The molecule has 0 heterocycles. The van der Waals surface area contributed by atoms with Gasteiger partial charge in [0.15, 0.2) is 0 Å². The van der Waals surface area contributed by atoms with Gasteiger partial charge in [0.1, 0.15) is 0 Å². The Bertz CT molecular complexity index is 158. The third-order valence-electron chi connectivity index (χ3n) is 2.07. The van der Waals surface area contributed by atoms with Crippen LogP contribution in [0.3, 0.4) is 0 Å². The second-order valence-corrected chi connectivity index (χ2v) is 4.30. The van der Waals surface area contributed by atoms with Gasteiger partial charge in [-0.3, -0.25) is 0 Å². The van der Waals surface area contributed by atoms with Crippen LogP contribution < -0.4 is 10.4 Å². The van der Waals surface area contributed by atoms with Crippen molar-refractivity contribution in [2.45, 2.75) is 38.6 Å². The molecule has 0 aromatic carbocycles. The first-order valence-electron chi connectivity index (χ1n) is 5.15. The van der Waals surface area contributed by atoms with Crippen molar-refractivity contribution in [2.75, 3.05) is 18.6 Å². The summed E-state index contributed by atoms with van der Waals surface area (Å²) in [6.45, 7) is 2.91. The van der Waals surface area contributed by atoms with E-state index in [1.807, 2.05) is 6.26 Å². The largest absolute Gasteiger partial charge is 1.00 e. The Labute approximate surface area is 92.1 Å². The molecule has 1 atom stereocenters. The van der Waals surface area contributed by atoms with Gasteiger partial charge in [0, 0.05) is 6.04 Å². The molecule has 0 bridgehead atoms. The molecular formula is C10H21NO2S. The number of carboxylic acids is 1. The highest BCUT2D eigenvalue weighted by Crippen LogP contribution is 2.00. The Kier molecular flexibility index (Phi) is 9.19. The fourth-order valence-corrected chi connectivity index (χ4v) is 1.66. The Morgan fingerprint density at radius 1 is 1.57 bits per heavy atom. The quantitative estimate of drug-likeness (QED) is 0.581. The molecule has 0 amide bonds. The van der Waals surface area contributed by atoms with Crippen LogP contribution in [0.1, 0.15) is 34.0 Å². The lowest BCUT2D eigenvalue weighted by atomic mass is 10.2. The van der Waals surface area contributed by atoms with Crippen molar-refractivity contribution < 1.29 is 11.3 Å². The average molecular weight is 219 g/mol. The molecule has 0 aromatic rings. The first kappa shape index (κ1) is 13.8. The van der Waals surface area contributed by atoms with Crippen molar-refractivity contribution in [1.82, 2.24) is 5.32 Å². The Morgan fingerprint density at radius 2 is 2.29 bits per heavy atom. The lowest BCUT2D eigenvalue weighted by molar-refractivity contribution is -0.308. The van der Waals surface area contributed by atoms with Crippen molar-refractivity contribution >= 4 is 17.7 Å². The topological polar surface area (TPSA) is 52.2 Å². The highest BCUT2D eigenvalue weighted by Gasteiger charge is 2.07. The molecule has 0 saturated carbocycles. The lowest BCUT2D eigenvalue weighted by Crippen LogP contribution is -2.46. The Hall–Kier alpha value is -0.220. The van der Waals surface area contributed by atoms with Crippen LogP contribution in [-0.2, 0) is 4.79 Å². The summed E-state index contributed by atoms with van der Waals surface area (Å²) in [6.07, 6.45) is 5.97. The lowest BCUT2D eigenvalue weighted by Gasteiger charge is -2.19. The molecule has 4 heteroatoms. The number of carbonyl (C=O) groups excluding carboxylic acids is 1. The summed E-state index contributed by atoms with van der Waals surface area (Å²) in [4.78, 5) is 10.7. The maximum Gasteiger partial charge on any atom is 1.00 e. The first-order valence-corrected chi connectivity index (χ1v) is 6.55. The van der Waals surface area contributed by atoms with Gasteiger partial charge >= 0.3 is 1.43 Å². The normalized spacial score (nSPS) is 12.7. The molecule has 0 aliphatic rings. The number of nitrogens with one attached hydrogen (secondary N) is 1. The van der Waals surface area contributed by atoms with Crippen LogP contribution in [0.15, 0.2) is 0 Å². The molecule has 0 spiro atoms. The SMILES string of the molecule is CCCCCNC(CCSC)C(=O)[O-].[H+]. The average Bonchev–Trinajstić information content (AvgIpc) is 2.16. The van der Waals surface area contributed by atoms with Crippen LogP contribution in [0, 0.1) is 0 Å². The number of carbonyl (C=O) groups is 1. The van der Waals surface area contributed by atoms with Crippen LogP contribution >= 0.6 is 11.8 Å². The van der Waals surface area contributed by atoms with Crippen LogP contribution in [0.4, 0.5) is 0 Å². The molecule has 0 aliphatic heterocycles. The Balaban J connectivity index is 0. The van der Waals surface area contributed by atoms with Gasteiger partial charge in [-0.05, 0) is 31.4 Å². The summed E-state index contributed by atoms with van der Waals surface area (Å²) in [5.74, 6) is -0.116. The number of carboxylic acid groups (broad SMARTS) is 1. The van der Waals surface area contributed by atoms with E-state index in [1.165, 1.54) is 0 Å². The van der Waals surface area contributed by atoms with Gasteiger partial charge < -0.3 is 15.2 Å². The molecule has 0 aromatic heterocycles. The number of hydrogen-bond donors (Lipinski definition) is 1. The van der Waals surface area contributed by atoms with E-state index in [1.54, 1.807) is 11.8 Å². The molecule has 84 valence electrons. The fourth-order valence-electron chi connectivity index (χ4n) is 1.19. The fraction of sp³-hybridized carbons (Fsp3) is 0.900. The minimum atomic E-state index is -0.976. The van der Waals surface area contributed by atoms with E-state index in [2.05, 4.69) is 12.2 Å². The maximum atomic E-state index is 10.7. The van der Waals surface area contributed by atoms with Gasteiger partial charge in [-0.2, -0.15) is 11.8 Å². The highest BCUT2D eigenvalue weighted by atomic mass is 32.2. The molecule has 0 fully saturated rings. The van der Waals surface area contributed by atoms with Crippen LogP contribution in [-0.4, -0.2) is 30.6 Å². The summed E-state index contributed by atoms with van der Waals surface area (Å²) in [5, 5.41) is 13.7. The second-order valence-electron chi connectivity index (χ2n) is 3.31. The molecule has 3 nitrogen and oxygen atoms in total. The molecule has 0 radical (unpaired) electrons. The minimum absolute atomic E-state index is 0. The summed E-state index contributed by atoms with van der Waals surface area (Å²) in [7, 11) is 0.